The van der Waals surface area contributed by atoms with Crippen molar-refractivity contribution in [1.82, 2.24) is 5.32 Å². The molecule has 0 fully saturated rings. The van der Waals surface area contributed by atoms with Crippen LogP contribution in [0.1, 0.15) is 25.0 Å². The Bertz CT molecular complexity index is 571. The number of para-hydroxylation sites is 1. The molecule has 2 N–H and O–H groups in total. The Morgan fingerprint density at radius 3 is 2.32 bits per heavy atom. The minimum atomic E-state index is -0.591. The lowest BCUT2D eigenvalue weighted by atomic mass is 10.0. The Morgan fingerprint density at radius 1 is 1.09 bits per heavy atom. The van der Waals surface area contributed by atoms with Gasteiger partial charge < -0.3 is 15.2 Å². The van der Waals surface area contributed by atoms with E-state index < -0.39 is 6.10 Å². The molecule has 0 unspecified atom stereocenters. The van der Waals surface area contributed by atoms with Crippen LogP contribution in [0.3, 0.4) is 0 Å². The number of benzene rings is 2. The van der Waals surface area contributed by atoms with Gasteiger partial charge in [-0.25, -0.2) is 0 Å². The molecule has 2 atom stereocenters. The van der Waals surface area contributed by atoms with E-state index >= 15 is 0 Å². The summed E-state index contributed by atoms with van der Waals surface area (Å²) in [5, 5.41) is 13.0. The molecule has 22 heavy (non-hydrogen) atoms. The van der Waals surface area contributed by atoms with Crippen LogP contribution >= 0.6 is 0 Å². The zero-order valence-electron chi connectivity index (χ0n) is 12.6. The van der Waals surface area contributed by atoms with Crippen LogP contribution < -0.4 is 10.1 Å². The molecule has 0 saturated carbocycles. The molecule has 0 spiro atoms. The second kappa shape index (κ2) is 8.20. The molecule has 2 aromatic carbocycles. The molecule has 0 radical (unpaired) electrons. The lowest BCUT2D eigenvalue weighted by Crippen LogP contribution is -2.37. The van der Waals surface area contributed by atoms with Gasteiger partial charge in [-0.05, 0) is 31.0 Å². The molecule has 1 amide bonds. The maximum Gasteiger partial charge on any atom is 0.258 e. The van der Waals surface area contributed by atoms with Gasteiger partial charge in [0.25, 0.3) is 5.91 Å². The van der Waals surface area contributed by atoms with Crippen LogP contribution in [-0.4, -0.2) is 23.7 Å². The van der Waals surface area contributed by atoms with Gasteiger partial charge in [0.05, 0.1) is 6.10 Å². The summed E-state index contributed by atoms with van der Waals surface area (Å²) in [6, 6.07) is 18.5. The van der Waals surface area contributed by atoms with E-state index in [4.69, 9.17) is 4.74 Å². The average molecular weight is 299 g/mol. The van der Waals surface area contributed by atoms with Crippen molar-refractivity contribution in [3.63, 3.8) is 0 Å². The molecule has 0 aliphatic carbocycles. The topological polar surface area (TPSA) is 58.6 Å². The van der Waals surface area contributed by atoms with Gasteiger partial charge in [0.1, 0.15) is 5.75 Å². The summed E-state index contributed by atoms with van der Waals surface area (Å²) in [5.74, 6) is 0.464. The number of carbonyl (C=O) groups is 1. The summed E-state index contributed by atoms with van der Waals surface area (Å²) < 4.78 is 5.38. The number of hydrogen-bond acceptors (Lipinski definition) is 3. The SMILES string of the molecule is C[C@@H](C[C@@H](O)c1ccccc1)NC(=O)COc1ccccc1. The number of aliphatic hydroxyl groups is 1. The van der Waals surface area contributed by atoms with Gasteiger partial charge in [-0.3, -0.25) is 4.79 Å². The van der Waals surface area contributed by atoms with Crippen molar-refractivity contribution in [2.45, 2.75) is 25.5 Å². The summed E-state index contributed by atoms with van der Waals surface area (Å²) >= 11 is 0. The largest absolute Gasteiger partial charge is 0.484 e. The van der Waals surface area contributed by atoms with Crippen molar-refractivity contribution in [1.29, 1.82) is 0 Å². The van der Waals surface area contributed by atoms with E-state index in [0.29, 0.717) is 12.2 Å². The number of aliphatic hydroxyl groups excluding tert-OH is 1. The third-order valence-electron chi connectivity index (χ3n) is 3.28. The molecular weight excluding hydrogens is 278 g/mol. The summed E-state index contributed by atoms with van der Waals surface area (Å²) in [4.78, 5) is 11.8. The van der Waals surface area contributed by atoms with Gasteiger partial charge in [0.2, 0.25) is 0 Å². The van der Waals surface area contributed by atoms with Crippen LogP contribution in [0.2, 0.25) is 0 Å². The van der Waals surface area contributed by atoms with Crippen molar-refractivity contribution < 1.29 is 14.6 Å². The molecule has 4 nitrogen and oxygen atoms in total. The molecule has 4 heteroatoms. The smallest absolute Gasteiger partial charge is 0.258 e. The zero-order valence-corrected chi connectivity index (χ0v) is 12.6. The lowest BCUT2D eigenvalue weighted by molar-refractivity contribution is -0.123. The predicted molar refractivity (Wildman–Crippen MR) is 85.6 cm³/mol. The van der Waals surface area contributed by atoms with E-state index in [-0.39, 0.29) is 18.6 Å². The average Bonchev–Trinajstić information content (AvgIpc) is 2.54. The summed E-state index contributed by atoms with van der Waals surface area (Å²) in [7, 11) is 0. The highest BCUT2D eigenvalue weighted by atomic mass is 16.5. The van der Waals surface area contributed by atoms with E-state index in [1.165, 1.54) is 0 Å². The highest BCUT2D eigenvalue weighted by molar-refractivity contribution is 5.77. The molecule has 2 rings (SSSR count). The second-order valence-electron chi connectivity index (χ2n) is 5.23. The quantitative estimate of drug-likeness (QED) is 0.826. The first-order chi connectivity index (χ1) is 10.6. The lowest BCUT2D eigenvalue weighted by Gasteiger charge is -2.18. The van der Waals surface area contributed by atoms with E-state index in [1.807, 2.05) is 55.5 Å². The van der Waals surface area contributed by atoms with Gasteiger partial charge in [-0.15, -0.1) is 0 Å². The molecular formula is C18H21NO3. The molecule has 0 heterocycles. The van der Waals surface area contributed by atoms with Crippen molar-refractivity contribution in [3.05, 3.63) is 66.2 Å². The normalized spacial score (nSPS) is 13.2. The number of rotatable bonds is 7. The maximum atomic E-state index is 11.8. The Morgan fingerprint density at radius 2 is 1.68 bits per heavy atom. The van der Waals surface area contributed by atoms with Crippen LogP contribution in [0.25, 0.3) is 0 Å². The zero-order chi connectivity index (χ0) is 15.8. The number of hydrogen-bond donors (Lipinski definition) is 2. The van der Waals surface area contributed by atoms with E-state index in [9.17, 15) is 9.90 Å². The minimum Gasteiger partial charge on any atom is -0.484 e. The Balaban J connectivity index is 1.74. The predicted octanol–water partition coefficient (Wildman–Crippen LogP) is 2.69. The van der Waals surface area contributed by atoms with Crippen LogP contribution in [0.4, 0.5) is 0 Å². The van der Waals surface area contributed by atoms with E-state index in [2.05, 4.69) is 5.32 Å². The molecule has 0 aromatic heterocycles. The van der Waals surface area contributed by atoms with Crippen LogP contribution in [0.5, 0.6) is 5.75 Å². The second-order valence-corrected chi connectivity index (χ2v) is 5.23. The van der Waals surface area contributed by atoms with Crippen LogP contribution in [0.15, 0.2) is 60.7 Å². The van der Waals surface area contributed by atoms with Gasteiger partial charge in [0.15, 0.2) is 6.61 Å². The number of nitrogens with one attached hydrogen (secondary N) is 1. The highest BCUT2D eigenvalue weighted by Gasteiger charge is 2.14. The van der Waals surface area contributed by atoms with Crippen molar-refractivity contribution >= 4 is 5.91 Å². The molecule has 0 bridgehead atoms. The Kier molecular flexibility index (Phi) is 5.98. The standard InChI is InChI=1S/C18H21NO3/c1-14(12-17(20)15-8-4-2-5-9-15)19-18(21)13-22-16-10-6-3-7-11-16/h2-11,14,17,20H,12-13H2,1H3,(H,19,21)/t14-,17+/m0/s1. The van der Waals surface area contributed by atoms with Gasteiger partial charge in [0, 0.05) is 6.04 Å². The molecule has 116 valence electrons. The Hall–Kier alpha value is -2.33. The van der Waals surface area contributed by atoms with E-state index in [1.54, 1.807) is 12.1 Å². The van der Waals surface area contributed by atoms with Gasteiger partial charge in [-0.1, -0.05) is 48.5 Å². The molecule has 0 saturated heterocycles. The molecule has 2 aromatic rings. The monoisotopic (exact) mass is 299 g/mol. The van der Waals surface area contributed by atoms with Gasteiger partial charge in [-0.2, -0.15) is 0 Å². The summed E-state index contributed by atoms with van der Waals surface area (Å²) in [6.07, 6.45) is -0.132. The first kappa shape index (κ1) is 16.0. The number of ether oxygens (including phenoxy) is 1. The Labute approximate surface area is 130 Å². The van der Waals surface area contributed by atoms with Crippen LogP contribution in [0, 0.1) is 0 Å². The highest BCUT2D eigenvalue weighted by Crippen LogP contribution is 2.17. The fourth-order valence-electron chi connectivity index (χ4n) is 2.19. The fraction of sp³-hybridized carbons (Fsp3) is 0.278. The van der Waals surface area contributed by atoms with Crippen molar-refractivity contribution in [3.8, 4) is 5.75 Å². The first-order valence-corrected chi connectivity index (χ1v) is 7.35. The summed E-state index contributed by atoms with van der Waals surface area (Å²) in [5.41, 5.74) is 0.851. The van der Waals surface area contributed by atoms with E-state index in [0.717, 1.165) is 5.56 Å². The molecule has 0 aliphatic heterocycles. The number of amides is 1. The minimum absolute atomic E-state index is 0.0320. The van der Waals surface area contributed by atoms with Gasteiger partial charge >= 0.3 is 0 Å². The van der Waals surface area contributed by atoms with Crippen molar-refractivity contribution in [2.75, 3.05) is 6.61 Å². The third kappa shape index (κ3) is 5.22. The number of carbonyl (C=O) groups excluding carboxylic acids is 1. The summed E-state index contributed by atoms with van der Waals surface area (Å²) in [6.45, 7) is 1.84. The molecule has 0 aliphatic rings. The third-order valence-corrected chi connectivity index (χ3v) is 3.28. The first-order valence-electron chi connectivity index (χ1n) is 7.35. The fourth-order valence-corrected chi connectivity index (χ4v) is 2.19. The maximum absolute atomic E-state index is 11.8. The van der Waals surface area contributed by atoms with Crippen LogP contribution in [-0.2, 0) is 4.79 Å². The van der Waals surface area contributed by atoms with Crippen molar-refractivity contribution in [2.24, 2.45) is 0 Å².